The topological polar surface area (TPSA) is 66.8 Å². The van der Waals surface area contributed by atoms with Crippen molar-refractivity contribution in [3.8, 4) is 0 Å². The molecule has 1 atom stereocenters. The lowest BCUT2D eigenvalue weighted by atomic mass is 10.1. The summed E-state index contributed by atoms with van der Waals surface area (Å²) >= 11 is 0. The van der Waals surface area contributed by atoms with Crippen LogP contribution < -0.4 is 4.90 Å². The van der Waals surface area contributed by atoms with E-state index in [1.54, 1.807) is 24.3 Å². The summed E-state index contributed by atoms with van der Waals surface area (Å²) < 4.78 is 28.5. The number of para-hydroxylation sites is 1. The number of halogens is 2. The Morgan fingerprint density at radius 2 is 2.10 bits per heavy atom. The van der Waals surface area contributed by atoms with E-state index in [1.807, 2.05) is 0 Å². The Hall–Kier alpha value is -2.02. The van der Waals surface area contributed by atoms with Gasteiger partial charge in [-0.3, -0.25) is 9.69 Å². The van der Waals surface area contributed by atoms with Crippen LogP contribution in [0.5, 0.6) is 0 Å². The molecule has 1 aromatic rings. The summed E-state index contributed by atoms with van der Waals surface area (Å²) in [6.45, 7) is -0.888. The molecule has 0 aliphatic carbocycles. The SMILES string of the molecule is O=C(O)[C@@H]1Cc2ccccc2N1C(=O)CCOCC(F)F. The Morgan fingerprint density at radius 1 is 1.38 bits per heavy atom. The number of carboxylic acids is 1. The summed E-state index contributed by atoms with van der Waals surface area (Å²) in [5.41, 5.74) is 1.34. The van der Waals surface area contributed by atoms with Crippen LogP contribution in [0.1, 0.15) is 12.0 Å². The van der Waals surface area contributed by atoms with E-state index in [-0.39, 0.29) is 19.4 Å². The molecule has 0 bridgehead atoms. The Balaban J connectivity index is 2.04. The van der Waals surface area contributed by atoms with Crippen molar-refractivity contribution >= 4 is 17.6 Å². The molecule has 0 saturated heterocycles. The first-order valence-corrected chi connectivity index (χ1v) is 6.49. The fourth-order valence-electron chi connectivity index (χ4n) is 2.34. The monoisotopic (exact) mass is 299 g/mol. The zero-order valence-corrected chi connectivity index (χ0v) is 11.2. The molecule has 1 amide bonds. The lowest BCUT2D eigenvalue weighted by Crippen LogP contribution is -2.43. The van der Waals surface area contributed by atoms with Crippen LogP contribution in [0, 0.1) is 0 Å². The number of fused-ring (bicyclic) bond motifs is 1. The lowest BCUT2D eigenvalue weighted by molar-refractivity contribution is -0.140. The second-order valence-corrected chi connectivity index (χ2v) is 4.67. The second-order valence-electron chi connectivity index (χ2n) is 4.67. The smallest absolute Gasteiger partial charge is 0.327 e. The van der Waals surface area contributed by atoms with Crippen molar-refractivity contribution in [3.63, 3.8) is 0 Å². The van der Waals surface area contributed by atoms with Crippen molar-refractivity contribution in [1.82, 2.24) is 0 Å². The highest BCUT2D eigenvalue weighted by atomic mass is 19.3. The van der Waals surface area contributed by atoms with Gasteiger partial charge in [0.15, 0.2) is 0 Å². The van der Waals surface area contributed by atoms with E-state index in [1.165, 1.54) is 4.90 Å². The predicted molar refractivity (Wildman–Crippen MR) is 70.5 cm³/mol. The minimum absolute atomic E-state index is 0.134. The summed E-state index contributed by atoms with van der Waals surface area (Å²) in [6.07, 6.45) is -2.47. The largest absolute Gasteiger partial charge is 0.480 e. The molecule has 0 aromatic heterocycles. The van der Waals surface area contributed by atoms with Crippen LogP contribution in [0.3, 0.4) is 0 Å². The predicted octanol–water partition coefficient (Wildman–Crippen LogP) is 1.70. The molecule has 114 valence electrons. The van der Waals surface area contributed by atoms with Crippen LogP contribution in [0.15, 0.2) is 24.3 Å². The molecule has 2 rings (SSSR count). The van der Waals surface area contributed by atoms with E-state index >= 15 is 0 Å². The second kappa shape index (κ2) is 6.62. The summed E-state index contributed by atoms with van der Waals surface area (Å²) in [5, 5.41) is 9.22. The molecule has 1 heterocycles. The van der Waals surface area contributed by atoms with Crippen LogP contribution in [-0.2, 0) is 20.7 Å². The number of rotatable bonds is 6. The number of hydrogen-bond donors (Lipinski definition) is 1. The van der Waals surface area contributed by atoms with E-state index in [0.717, 1.165) is 5.56 Å². The first-order chi connectivity index (χ1) is 10.0. The standard InChI is InChI=1S/C14H15F2NO4/c15-12(16)8-21-6-5-13(18)17-10-4-2-1-3-9(10)7-11(17)14(19)20/h1-4,11-12H,5-8H2,(H,19,20)/t11-/m0/s1. The molecule has 21 heavy (non-hydrogen) atoms. The Morgan fingerprint density at radius 3 is 2.76 bits per heavy atom. The van der Waals surface area contributed by atoms with Gasteiger partial charge in [-0.15, -0.1) is 0 Å². The summed E-state index contributed by atoms with van der Waals surface area (Å²) in [6, 6.07) is 5.99. The zero-order chi connectivity index (χ0) is 15.4. The van der Waals surface area contributed by atoms with Crippen LogP contribution >= 0.6 is 0 Å². The number of anilines is 1. The summed E-state index contributed by atoms with van der Waals surface area (Å²) in [5.74, 6) is -1.53. The van der Waals surface area contributed by atoms with Gasteiger partial charge in [0.05, 0.1) is 13.0 Å². The maximum atomic E-state index is 12.2. The van der Waals surface area contributed by atoms with Gasteiger partial charge in [-0.2, -0.15) is 0 Å². The van der Waals surface area contributed by atoms with Crippen molar-refractivity contribution in [2.45, 2.75) is 25.3 Å². The van der Waals surface area contributed by atoms with Crippen molar-refractivity contribution < 1.29 is 28.2 Å². The van der Waals surface area contributed by atoms with E-state index in [2.05, 4.69) is 4.74 Å². The average molecular weight is 299 g/mol. The number of amides is 1. The van der Waals surface area contributed by atoms with E-state index in [4.69, 9.17) is 0 Å². The van der Waals surface area contributed by atoms with Crippen LogP contribution in [0.2, 0.25) is 0 Å². The van der Waals surface area contributed by atoms with Crippen molar-refractivity contribution in [3.05, 3.63) is 29.8 Å². The first-order valence-electron chi connectivity index (χ1n) is 6.49. The number of hydrogen-bond acceptors (Lipinski definition) is 3. The minimum Gasteiger partial charge on any atom is -0.480 e. The molecule has 0 radical (unpaired) electrons. The van der Waals surface area contributed by atoms with Gasteiger partial charge in [0, 0.05) is 12.1 Å². The number of carboxylic acid groups (broad SMARTS) is 1. The van der Waals surface area contributed by atoms with Crippen LogP contribution in [0.25, 0.3) is 0 Å². The Bertz CT molecular complexity index is 535. The normalized spacial score (nSPS) is 17.1. The van der Waals surface area contributed by atoms with Gasteiger partial charge in [-0.1, -0.05) is 18.2 Å². The van der Waals surface area contributed by atoms with E-state index < -0.39 is 31.0 Å². The van der Waals surface area contributed by atoms with Crippen molar-refractivity contribution in [2.75, 3.05) is 18.1 Å². The molecule has 0 saturated carbocycles. The Kier molecular flexibility index (Phi) is 4.85. The third kappa shape index (κ3) is 3.55. The Labute approximate surface area is 120 Å². The van der Waals surface area contributed by atoms with Gasteiger partial charge in [0.25, 0.3) is 6.43 Å². The third-order valence-corrected chi connectivity index (χ3v) is 3.23. The van der Waals surface area contributed by atoms with Gasteiger partial charge in [0.1, 0.15) is 12.6 Å². The van der Waals surface area contributed by atoms with Crippen molar-refractivity contribution in [1.29, 1.82) is 0 Å². The highest BCUT2D eigenvalue weighted by molar-refractivity contribution is 6.01. The highest BCUT2D eigenvalue weighted by Gasteiger charge is 2.37. The first kappa shape index (κ1) is 15.4. The molecule has 1 aliphatic rings. The van der Waals surface area contributed by atoms with E-state index in [9.17, 15) is 23.5 Å². The molecule has 1 N–H and O–H groups in total. The van der Waals surface area contributed by atoms with Gasteiger partial charge in [-0.25, -0.2) is 13.6 Å². The number of benzene rings is 1. The number of carbonyl (C=O) groups is 2. The van der Waals surface area contributed by atoms with E-state index in [0.29, 0.717) is 5.69 Å². The number of alkyl halides is 2. The lowest BCUT2D eigenvalue weighted by Gasteiger charge is -2.22. The molecule has 0 unspecified atom stereocenters. The molecular weight excluding hydrogens is 284 g/mol. The molecule has 0 spiro atoms. The number of nitrogens with zero attached hydrogens (tertiary/aromatic N) is 1. The molecule has 1 aliphatic heterocycles. The molecule has 7 heteroatoms. The molecule has 5 nitrogen and oxygen atoms in total. The third-order valence-electron chi connectivity index (χ3n) is 3.23. The number of ether oxygens (including phenoxy) is 1. The quantitative estimate of drug-likeness (QED) is 0.812. The minimum atomic E-state index is -2.58. The fourth-order valence-corrected chi connectivity index (χ4v) is 2.34. The van der Waals surface area contributed by atoms with Gasteiger partial charge in [0.2, 0.25) is 5.91 Å². The van der Waals surface area contributed by atoms with Gasteiger partial charge in [-0.05, 0) is 11.6 Å². The average Bonchev–Trinajstić information content (AvgIpc) is 2.83. The summed E-state index contributed by atoms with van der Waals surface area (Å²) in [4.78, 5) is 24.7. The highest BCUT2D eigenvalue weighted by Crippen LogP contribution is 2.32. The number of carbonyl (C=O) groups excluding carboxylic acids is 1. The maximum absolute atomic E-state index is 12.2. The van der Waals surface area contributed by atoms with Gasteiger partial charge >= 0.3 is 5.97 Å². The van der Waals surface area contributed by atoms with Gasteiger partial charge < -0.3 is 9.84 Å². The molecule has 1 aromatic carbocycles. The van der Waals surface area contributed by atoms with Crippen molar-refractivity contribution in [2.24, 2.45) is 0 Å². The zero-order valence-electron chi connectivity index (χ0n) is 11.2. The molecular formula is C14H15F2NO4. The number of aliphatic carboxylic acids is 1. The summed E-state index contributed by atoms with van der Waals surface area (Å²) in [7, 11) is 0. The maximum Gasteiger partial charge on any atom is 0.327 e. The van der Waals surface area contributed by atoms with Crippen LogP contribution in [-0.4, -0.2) is 42.7 Å². The fraction of sp³-hybridized carbons (Fsp3) is 0.429. The van der Waals surface area contributed by atoms with Crippen LogP contribution in [0.4, 0.5) is 14.5 Å². The molecule has 0 fully saturated rings.